The molecule has 0 aromatic heterocycles. The Labute approximate surface area is 187 Å². The molecule has 0 radical (unpaired) electrons. The first-order valence-electron chi connectivity index (χ1n) is 10.1. The zero-order valence-corrected chi connectivity index (χ0v) is 18.5. The molecule has 0 aliphatic carbocycles. The molecule has 1 heterocycles. The van der Waals surface area contributed by atoms with Crippen LogP contribution in [-0.2, 0) is 16.1 Å². The average Bonchev–Trinajstić information content (AvgIpc) is 2.96. The van der Waals surface area contributed by atoms with Crippen LogP contribution in [0.1, 0.15) is 27.8 Å². The number of halogens is 1. The molecular weight excluding hydrogens is 408 g/mol. The SMILES string of the molecule is Cc1cccc(NC2=C(c3ccc(C)c(C)c3)C(=O)N(Cc3ccc(Cl)cc3)C2=O)c1. The molecule has 31 heavy (non-hydrogen) atoms. The first-order chi connectivity index (χ1) is 14.8. The van der Waals surface area contributed by atoms with Gasteiger partial charge in [0.15, 0.2) is 0 Å². The lowest BCUT2D eigenvalue weighted by atomic mass is 9.99. The van der Waals surface area contributed by atoms with E-state index in [-0.39, 0.29) is 18.4 Å². The molecule has 1 aliphatic rings. The third kappa shape index (κ3) is 4.25. The van der Waals surface area contributed by atoms with E-state index in [2.05, 4.69) is 5.32 Å². The van der Waals surface area contributed by atoms with Crippen LogP contribution in [0.3, 0.4) is 0 Å². The predicted molar refractivity (Wildman–Crippen MR) is 125 cm³/mol. The third-order valence-electron chi connectivity index (χ3n) is 5.50. The number of hydrogen-bond acceptors (Lipinski definition) is 3. The minimum Gasteiger partial charge on any atom is -0.350 e. The Morgan fingerprint density at radius 3 is 2.26 bits per heavy atom. The Morgan fingerprint density at radius 2 is 1.58 bits per heavy atom. The summed E-state index contributed by atoms with van der Waals surface area (Å²) in [5.41, 5.74) is 6.29. The van der Waals surface area contributed by atoms with E-state index >= 15 is 0 Å². The first-order valence-corrected chi connectivity index (χ1v) is 10.5. The van der Waals surface area contributed by atoms with Crippen LogP contribution in [0, 0.1) is 20.8 Å². The molecule has 156 valence electrons. The van der Waals surface area contributed by atoms with Gasteiger partial charge in [-0.3, -0.25) is 14.5 Å². The topological polar surface area (TPSA) is 49.4 Å². The zero-order chi connectivity index (χ0) is 22.1. The Morgan fingerprint density at radius 1 is 0.839 bits per heavy atom. The van der Waals surface area contributed by atoms with Gasteiger partial charge in [0.2, 0.25) is 0 Å². The van der Waals surface area contributed by atoms with Crippen LogP contribution in [0.5, 0.6) is 0 Å². The minimum absolute atomic E-state index is 0.183. The second kappa shape index (κ2) is 8.40. The molecule has 2 amide bonds. The van der Waals surface area contributed by atoms with Gasteiger partial charge in [-0.25, -0.2) is 0 Å². The van der Waals surface area contributed by atoms with E-state index in [1.165, 1.54) is 4.90 Å². The lowest BCUT2D eigenvalue weighted by Gasteiger charge is -2.15. The molecule has 0 fully saturated rings. The number of amides is 2. The maximum atomic E-state index is 13.4. The van der Waals surface area contributed by atoms with Gasteiger partial charge in [-0.15, -0.1) is 0 Å². The zero-order valence-electron chi connectivity index (χ0n) is 17.7. The van der Waals surface area contributed by atoms with Crippen molar-refractivity contribution in [1.29, 1.82) is 0 Å². The highest BCUT2D eigenvalue weighted by molar-refractivity contribution is 6.36. The van der Waals surface area contributed by atoms with E-state index in [0.717, 1.165) is 33.5 Å². The van der Waals surface area contributed by atoms with E-state index in [4.69, 9.17) is 11.6 Å². The molecule has 0 saturated carbocycles. The fourth-order valence-corrected chi connectivity index (χ4v) is 3.77. The number of benzene rings is 3. The molecule has 0 spiro atoms. The summed E-state index contributed by atoms with van der Waals surface area (Å²) in [4.78, 5) is 28.1. The molecule has 0 atom stereocenters. The van der Waals surface area contributed by atoms with Crippen molar-refractivity contribution < 1.29 is 9.59 Å². The lowest BCUT2D eigenvalue weighted by Crippen LogP contribution is -2.32. The highest BCUT2D eigenvalue weighted by Crippen LogP contribution is 2.32. The van der Waals surface area contributed by atoms with Crippen molar-refractivity contribution in [3.63, 3.8) is 0 Å². The van der Waals surface area contributed by atoms with Crippen LogP contribution in [-0.4, -0.2) is 16.7 Å². The van der Waals surface area contributed by atoms with Crippen molar-refractivity contribution >= 4 is 34.7 Å². The molecule has 0 bridgehead atoms. The number of aryl methyl sites for hydroxylation is 3. The quantitative estimate of drug-likeness (QED) is 0.531. The lowest BCUT2D eigenvalue weighted by molar-refractivity contribution is -0.137. The maximum Gasteiger partial charge on any atom is 0.278 e. The smallest absolute Gasteiger partial charge is 0.278 e. The number of imide groups is 1. The summed E-state index contributed by atoms with van der Waals surface area (Å²) in [5, 5.41) is 3.83. The maximum absolute atomic E-state index is 13.4. The highest BCUT2D eigenvalue weighted by atomic mass is 35.5. The molecule has 3 aromatic carbocycles. The summed E-state index contributed by atoms with van der Waals surface area (Å²) in [5.74, 6) is -0.645. The normalized spacial score (nSPS) is 13.9. The van der Waals surface area contributed by atoms with Crippen LogP contribution in [0.15, 0.2) is 72.4 Å². The Balaban J connectivity index is 1.76. The molecule has 4 nitrogen and oxygen atoms in total. The third-order valence-corrected chi connectivity index (χ3v) is 5.76. The fourth-order valence-electron chi connectivity index (χ4n) is 3.64. The molecule has 0 saturated heterocycles. The van der Waals surface area contributed by atoms with E-state index in [0.29, 0.717) is 16.3 Å². The summed E-state index contributed by atoms with van der Waals surface area (Å²) in [6, 6.07) is 20.7. The number of hydrogen-bond donors (Lipinski definition) is 1. The van der Waals surface area contributed by atoms with E-state index in [1.807, 2.05) is 75.4 Å². The molecule has 0 unspecified atom stereocenters. The van der Waals surface area contributed by atoms with Crippen LogP contribution >= 0.6 is 11.6 Å². The molecule has 3 aromatic rings. The summed E-state index contributed by atoms with van der Waals surface area (Å²) in [6.07, 6.45) is 0. The van der Waals surface area contributed by atoms with Gasteiger partial charge in [0.05, 0.1) is 12.1 Å². The number of carbonyl (C=O) groups is 2. The Hall–Kier alpha value is -3.37. The van der Waals surface area contributed by atoms with Crippen LogP contribution in [0.2, 0.25) is 5.02 Å². The molecule has 4 rings (SSSR count). The van der Waals surface area contributed by atoms with Gasteiger partial charge in [-0.05, 0) is 72.9 Å². The van der Waals surface area contributed by atoms with Gasteiger partial charge in [-0.1, -0.05) is 54.1 Å². The highest BCUT2D eigenvalue weighted by Gasteiger charge is 2.39. The molecule has 5 heteroatoms. The van der Waals surface area contributed by atoms with Crippen molar-refractivity contribution in [3.8, 4) is 0 Å². The summed E-state index contributed by atoms with van der Waals surface area (Å²) in [6.45, 7) is 6.19. The number of nitrogens with zero attached hydrogens (tertiary/aromatic N) is 1. The van der Waals surface area contributed by atoms with Crippen LogP contribution < -0.4 is 5.32 Å². The van der Waals surface area contributed by atoms with E-state index in [1.54, 1.807) is 12.1 Å². The minimum atomic E-state index is -0.338. The molecule has 1 aliphatic heterocycles. The summed E-state index contributed by atoms with van der Waals surface area (Å²) >= 11 is 5.98. The van der Waals surface area contributed by atoms with Gasteiger partial charge in [0.25, 0.3) is 11.8 Å². The largest absolute Gasteiger partial charge is 0.350 e. The van der Waals surface area contributed by atoms with Gasteiger partial charge in [0.1, 0.15) is 5.70 Å². The van der Waals surface area contributed by atoms with Crippen molar-refractivity contribution in [2.75, 3.05) is 5.32 Å². The predicted octanol–water partition coefficient (Wildman–Crippen LogP) is 5.66. The Bertz CT molecular complexity index is 1210. The fraction of sp³-hybridized carbons (Fsp3) is 0.154. The van der Waals surface area contributed by atoms with Gasteiger partial charge >= 0.3 is 0 Å². The van der Waals surface area contributed by atoms with Crippen molar-refractivity contribution in [2.45, 2.75) is 27.3 Å². The number of rotatable bonds is 5. The molecular formula is C26H23ClN2O2. The van der Waals surface area contributed by atoms with Gasteiger partial charge < -0.3 is 5.32 Å². The number of anilines is 1. The second-order valence-electron chi connectivity index (χ2n) is 7.87. The average molecular weight is 431 g/mol. The molecule has 1 N–H and O–H groups in total. The summed E-state index contributed by atoms with van der Waals surface area (Å²) in [7, 11) is 0. The van der Waals surface area contributed by atoms with Gasteiger partial charge in [0, 0.05) is 10.7 Å². The first kappa shape index (κ1) is 20.9. The number of nitrogens with one attached hydrogen (secondary N) is 1. The van der Waals surface area contributed by atoms with E-state index < -0.39 is 0 Å². The van der Waals surface area contributed by atoms with Crippen molar-refractivity contribution in [2.24, 2.45) is 0 Å². The summed E-state index contributed by atoms with van der Waals surface area (Å²) < 4.78 is 0. The Kier molecular flexibility index (Phi) is 5.66. The van der Waals surface area contributed by atoms with E-state index in [9.17, 15) is 9.59 Å². The van der Waals surface area contributed by atoms with Crippen LogP contribution in [0.25, 0.3) is 5.57 Å². The second-order valence-corrected chi connectivity index (χ2v) is 8.30. The standard InChI is InChI=1S/C26H23ClN2O2/c1-16-5-4-6-22(13-16)28-24-23(20-10-7-17(2)18(3)14-20)25(30)29(26(24)31)15-19-8-11-21(27)12-9-19/h4-14,28H,15H2,1-3H3. The van der Waals surface area contributed by atoms with Gasteiger partial charge in [-0.2, -0.15) is 0 Å². The van der Waals surface area contributed by atoms with Crippen LogP contribution in [0.4, 0.5) is 5.69 Å². The van der Waals surface area contributed by atoms with Crippen molar-refractivity contribution in [1.82, 2.24) is 4.90 Å². The van der Waals surface area contributed by atoms with Crippen molar-refractivity contribution in [3.05, 3.63) is 105 Å². The number of carbonyl (C=O) groups excluding carboxylic acids is 2. The monoisotopic (exact) mass is 430 g/mol.